The predicted octanol–water partition coefficient (Wildman–Crippen LogP) is 3.88. The first kappa shape index (κ1) is 24.4. The number of carboxylic acid groups (broad SMARTS) is 1. The van der Waals surface area contributed by atoms with Gasteiger partial charge in [-0.05, 0) is 32.1 Å². The molecule has 5 nitrogen and oxygen atoms in total. The van der Waals surface area contributed by atoms with E-state index < -0.39 is 18.0 Å². The van der Waals surface area contributed by atoms with Gasteiger partial charge in [0.1, 0.15) is 0 Å². The molecular formula is C20H40O5. The zero-order chi connectivity index (χ0) is 18.9. The molecule has 3 unspecified atom stereocenters. The van der Waals surface area contributed by atoms with Crippen molar-refractivity contribution in [2.75, 3.05) is 6.61 Å². The van der Waals surface area contributed by atoms with Gasteiger partial charge in [0.2, 0.25) is 0 Å². The second-order valence-corrected chi connectivity index (χ2v) is 7.23. The average Bonchev–Trinajstić information content (AvgIpc) is 2.58. The maximum absolute atomic E-state index is 11.2. The van der Waals surface area contributed by atoms with E-state index in [-0.39, 0.29) is 12.7 Å². The molecular weight excluding hydrogens is 320 g/mol. The van der Waals surface area contributed by atoms with Gasteiger partial charge in [0.25, 0.3) is 0 Å². The Morgan fingerprint density at radius 2 is 1.28 bits per heavy atom. The molecule has 5 heteroatoms. The molecule has 0 aliphatic rings. The molecule has 150 valence electrons. The highest BCUT2D eigenvalue weighted by molar-refractivity contribution is 5.70. The highest BCUT2D eigenvalue weighted by Gasteiger charge is 2.25. The Morgan fingerprint density at radius 1 is 0.760 bits per heavy atom. The second kappa shape index (κ2) is 16.8. The monoisotopic (exact) mass is 360 g/mol. The summed E-state index contributed by atoms with van der Waals surface area (Å²) in [6, 6.07) is 0. The number of aliphatic hydroxyl groups is 3. The van der Waals surface area contributed by atoms with Crippen molar-refractivity contribution in [1.29, 1.82) is 0 Å². The van der Waals surface area contributed by atoms with Crippen molar-refractivity contribution in [1.82, 2.24) is 0 Å². The summed E-state index contributed by atoms with van der Waals surface area (Å²) in [6.45, 7) is 2.17. The van der Waals surface area contributed by atoms with Crippen LogP contribution in [-0.4, -0.2) is 45.2 Å². The normalized spacial score (nSPS) is 15.0. The quantitative estimate of drug-likeness (QED) is 0.278. The number of carbonyl (C=O) groups is 1. The lowest BCUT2D eigenvalue weighted by atomic mass is 9.92. The maximum Gasteiger partial charge on any atom is 0.309 e. The Morgan fingerprint density at radius 3 is 1.76 bits per heavy atom. The molecule has 0 amide bonds. The minimum absolute atomic E-state index is 0.0235. The van der Waals surface area contributed by atoms with Crippen LogP contribution in [0.5, 0.6) is 0 Å². The third-order valence-electron chi connectivity index (χ3n) is 4.88. The number of aliphatic carboxylic acids is 1. The second-order valence-electron chi connectivity index (χ2n) is 7.23. The number of hydrogen-bond acceptors (Lipinski definition) is 4. The number of carboxylic acids is 1. The number of aliphatic hydroxyl groups excluding tert-OH is 3. The van der Waals surface area contributed by atoms with Crippen LogP contribution in [0.15, 0.2) is 0 Å². The zero-order valence-electron chi connectivity index (χ0n) is 16.0. The third kappa shape index (κ3) is 14.2. The van der Waals surface area contributed by atoms with Gasteiger partial charge in [-0.25, -0.2) is 0 Å². The molecule has 0 aliphatic carbocycles. The summed E-state index contributed by atoms with van der Waals surface area (Å²) in [6.07, 6.45) is 11.6. The molecule has 0 radical (unpaired) electrons. The molecule has 0 aromatic heterocycles. The molecule has 25 heavy (non-hydrogen) atoms. The Labute approximate surface area is 153 Å². The van der Waals surface area contributed by atoms with Gasteiger partial charge in [0.15, 0.2) is 0 Å². The molecule has 0 bridgehead atoms. The molecule has 0 spiro atoms. The van der Waals surface area contributed by atoms with Crippen molar-refractivity contribution in [2.24, 2.45) is 5.92 Å². The summed E-state index contributed by atoms with van der Waals surface area (Å²) < 4.78 is 0. The first-order valence-corrected chi connectivity index (χ1v) is 10.2. The highest BCUT2D eigenvalue weighted by Crippen LogP contribution is 2.19. The van der Waals surface area contributed by atoms with Crippen molar-refractivity contribution in [2.45, 2.75) is 109 Å². The van der Waals surface area contributed by atoms with Crippen molar-refractivity contribution < 1.29 is 25.2 Å². The Kier molecular flexibility index (Phi) is 16.4. The molecule has 0 aliphatic heterocycles. The van der Waals surface area contributed by atoms with Crippen LogP contribution in [0.2, 0.25) is 0 Å². The van der Waals surface area contributed by atoms with Crippen LogP contribution in [0.1, 0.15) is 96.8 Å². The van der Waals surface area contributed by atoms with Crippen LogP contribution in [-0.2, 0) is 4.79 Å². The van der Waals surface area contributed by atoms with Crippen LogP contribution in [0.25, 0.3) is 0 Å². The van der Waals surface area contributed by atoms with E-state index in [1.54, 1.807) is 0 Å². The van der Waals surface area contributed by atoms with E-state index in [1.165, 1.54) is 25.7 Å². The number of rotatable bonds is 18. The Balaban J connectivity index is 3.66. The molecule has 4 N–H and O–H groups in total. The molecule has 0 saturated carbocycles. The van der Waals surface area contributed by atoms with Gasteiger partial charge in [-0.1, -0.05) is 64.7 Å². The first-order valence-electron chi connectivity index (χ1n) is 10.2. The predicted molar refractivity (Wildman–Crippen MR) is 101 cm³/mol. The van der Waals surface area contributed by atoms with E-state index in [0.29, 0.717) is 19.3 Å². The molecule has 0 aromatic rings. The zero-order valence-corrected chi connectivity index (χ0v) is 16.0. The first-order chi connectivity index (χ1) is 12.0. The van der Waals surface area contributed by atoms with Crippen LogP contribution < -0.4 is 0 Å². The van der Waals surface area contributed by atoms with Gasteiger partial charge >= 0.3 is 5.97 Å². The minimum Gasteiger partial charge on any atom is -0.481 e. The van der Waals surface area contributed by atoms with E-state index in [1.807, 2.05) is 0 Å². The fourth-order valence-corrected chi connectivity index (χ4v) is 3.21. The maximum atomic E-state index is 11.2. The van der Waals surface area contributed by atoms with Crippen molar-refractivity contribution in [3.8, 4) is 0 Å². The molecule has 0 fully saturated rings. The smallest absolute Gasteiger partial charge is 0.309 e. The Hall–Kier alpha value is -0.650. The lowest BCUT2D eigenvalue weighted by Gasteiger charge is -2.18. The van der Waals surface area contributed by atoms with Crippen molar-refractivity contribution in [3.05, 3.63) is 0 Å². The fourth-order valence-electron chi connectivity index (χ4n) is 3.21. The minimum atomic E-state index is -0.955. The summed E-state index contributed by atoms with van der Waals surface area (Å²) in [5, 5.41) is 37.8. The van der Waals surface area contributed by atoms with E-state index >= 15 is 0 Å². The van der Waals surface area contributed by atoms with Crippen LogP contribution in [0.3, 0.4) is 0 Å². The average molecular weight is 361 g/mol. The standard InChI is InChI=1S/C20H40O5/c1-2-3-4-5-8-12-17(22)13-9-6-7-10-14-18(20(24)25)19(23)15-11-16-21/h17-19,21-23H,2-16H2,1H3,(H,24,25). The van der Waals surface area contributed by atoms with Crippen molar-refractivity contribution >= 4 is 5.97 Å². The topological polar surface area (TPSA) is 98.0 Å². The molecule has 0 aromatic carbocycles. The van der Waals surface area contributed by atoms with Gasteiger partial charge in [0.05, 0.1) is 18.1 Å². The van der Waals surface area contributed by atoms with Crippen LogP contribution >= 0.6 is 0 Å². The number of hydrogen-bond donors (Lipinski definition) is 4. The molecule has 3 atom stereocenters. The van der Waals surface area contributed by atoms with Gasteiger partial charge < -0.3 is 20.4 Å². The van der Waals surface area contributed by atoms with E-state index in [2.05, 4.69) is 6.92 Å². The summed E-state index contributed by atoms with van der Waals surface area (Å²) >= 11 is 0. The SMILES string of the molecule is CCCCCCCC(O)CCCCCCC(C(=O)O)C(O)CCCO. The lowest BCUT2D eigenvalue weighted by molar-refractivity contribution is -0.146. The highest BCUT2D eigenvalue weighted by atomic mass is 16.4. The van der Waals surface area contributed by atoms with Crippen LogP contribution in [0.4, 0.5) is 0 Å². The summed E-state index contributed by atoms with van der Waals surface area (Å²) in [7, 11) is 0. The number of unbranched alkanes of at least 4 members (excludes halogenated alkanes) is 7. The van der Waals surface area contributed by atoms with Gasteiger partial charge in [-0.3, -0.25) is 4.79 Å². The van der Waals surface area contributed by atoms with Crippen LogP contribution in [0, 0.1) is 5.92 Å². The largest absolute Gasteiger partial charge is 0.481 e. The van der Waals surface area contributed by atoms with E-state index in [9.17, 15) is 20.1 Å². The summed E-state index contributed by atoms with van der Waals surface area (Å²) in [5.41, 5.74) is 0. The van der Waals surface area contributed by atoms with E-state index in [0.717, 1.165) is 44.9 Å². The molecule has 0 heterocycles. The fraction of sp³-hybridized carbons (Fsp3) is 0.950. The molecule has 0 saturated heterocycles. The van der Waals surface area contributed by atoms with Gasteiger partial charge in [0, 0.05) is 6.61 Å². The van der Waals surface area contributed by atoms with Crippen molar-refractivity contribution in [3.63, 3.8) is 0 Å². The lowest BCUT2D eigenvalue weighted by Crippen LogP contribution is -2.28. The van der Waals surface area contributed by atoms with Gasteiger partial charge in [-0.15, -0.1) is 0 Å². The third-order valence-corrected chi connectivity index (χ3v) is 4.88. The van der Waals surface area contributed by atoms with Gasteiger partial charge in [-0.2, -0.15) is 0 Å². The molecule has 0 rings (SSSR count). The van der Waals surface area contributed by atoms with E-state index in [4.69, 9.17) is 5.11 Å². The summed E-state index contributed by atoms with van der Waals surface area (Å²) in [4.78, 5) is 11.2. The Bertz CT molecular complexity index is 308. The summed E-state index contributed by atoms with van der Waals surface area (Å²) in [5.74, 6) is -1.69.